The van der Waals surface area contributed by atoms with Crippen molar-refractivity contribution in [2.75, 3.05) is 6.54 Å². The Labute approximate surface area is 79.4 Å². The van der Waals surface area contributed by atoms with E-state index in [0.29, 0.717) is 5.89 Å². The number of nitrogens with zero attached hydrogens (tertiary/aromatic N) is 2. The largest absolute Gasteiger partial charge is 0.337 e. The van der Waals surface area contributed by atoms with Gasteiger partial charge >= 0.3 is 5.91 Å². The fourth-order valence-electron chi connectivity index (χ4n) is 1.41. The molecule has 1 aromatic rings. The molecule has 1 aliphatic heterocycles. The minimum atomic E-state index is -0.766. The molecule has 1 saturated heterocycles. The first kappa shape index (κ1) is 9.10. The van der Waals surface area contributed by atoms with Gasteiger partial charge in [0.1, 0.15) is 0 Å². The molecule has 3 N–H and O–H groups in total. The van der Waals surface area contributed by atoms with Gasteiger partial charge in [-0.1, -0.05) is 5.16 Å². The molecular weight excluding hydrogens is 188 g/mol. The van der Waals surface area contributed by atoms with Crippen LogP contribution in [-0.4, -0.2) is 27.8 Å². The van der Waals surface area contributed by atoms with E-state index in [1.807, 2.05) is 0 Å². The van der Waals surface area contributed by atoms with Crippen molar-refractivity contribution in [3.8, 4) is 0 Å². The second-order valence-corrected chi connectivity index (χ2v) is 3.05. The van der Waals surface area contributed by atoms with E-state index in [1.165, 1.54) is 5.48 Å². The van der Waals surface area contributed by atoms with Gasteiger partial charge in [0.25, 0.3) is 5.82 Å². The molecule has 14 heavy (non-hydrogen) atoms. The lowest BCUT2D eigenvalue weighted by molar-refractivity contribution is 0.0691. The van der Waals surface area contributed by atoms with Gasteiger partial charge < -0.3 is 9.84 Å². The van der Waals surface area contributed by atoms with Crippen molar-refractivity contribution in [3.05, 3.63) is 11.7 Å². The molecule has 0 aliphatic carbocycles. The highest BCUT2D eigenvalue weighted by molar-refractivity contribution is 5.89. The van der Waals surface area contributed by atoms with Crippen LogP contribution in [0.5, 0.6) is 0 Å². The molecule has 0 spiro atoms. The smallest absolute Gasteiger partial charge is 0.316 e. The summed E-state index contributed by atoms with van der Waals surface area (Å²) in [4.78, 5) is 14.7. The molecule has 0 aromatic carbocycles. The molecule has 7 nitrogen and oxygen atoms in total. The topological polar surface area (TPSA) is 100 Å². The Morgan fingerprint density at radius 2 is 2.57 bits per heavy atom. The van der Waals surface area contributed by atoms with E-state index in [2.05, 4.69) is 15.5 Å². The molecule has 7 heteroatoms. The summed E-state index contributed by atoms with van der Waals surface area (Å²) in [6.45, 7) is 0.911. The van der Waals surface area contributed by atoms with Crippen LogP contribution >= 0.6 is 0 Å². The number of carbonyl (C=O) groups excluding carboxylic acids is 1. The lowest BCUT2D eigenvalue weighted by Gasteiger charge is -2.01. The molecule has 0 bridgehead atoms. The first-order valence-corrected chi connectivity index (χ1v) is 4.32. The Balaban J connectivity index is 2.12. The average Bonchev–Trinajstić information content (AvgIpc) is 2.86. The third kappa shape index (κ3) is 1.59. The summed E-state index contributed by atoms with van der Waals surface area (Å²) in [6.07, 6.45) is 1.97. The average molecular weight is 198 g/mol. The molecular formula is C7H10N4O3. The minimum Gasteiger partial charge on any atom is -0.337 e. The highest BCUT2D eigenvalue weighted by atomic mass is 16.5. The van der Waals surface area contributed by atoms with Gasteiger partial charge in [-0.15, -0.1) is 0 Å². The van der Waals surface area contributed by atoms with Crippen LogP contribution in [0, 0.1) is 0 Å². The van der Waals surface area contributed by atoms with Crippen LogP contribution in [0.25, 0.3) is 0 Å². The van der Waals surface area contributed by atoms with Crippen LogP contribution in [0.3, 0.4) is 0 Å². The first-order chi connectivity index (χ1) is 6.81. The Hall–Kier alpha value is -1.47. The van der Waals surface area contributed by atoms with Crippen LogP contribution in [-0.2, 0) is 0 Å². The van der Waals surface area contributed by atoms with Crippen molar-refractivity contribution < 1.29 is 14.5 Å². The van der Waals surface area contributed by atoms with Crippen molar-refractivity contribution >= 4 is 5.91 Å². The van der Waals surface area contributed by atoms with Crippen molar-refractivity contribution in [2.45, 2.75) is 18.9 Å². The van der Waals surface area contributed by atoms with Crippen molar-refractivity contribution in [1.82, 2.24) is 20.9 Å². The fraction of sp³-hybridized carbons (Fsp3) is 0.571. The molecule has 0 saturated carbocycles. The van der Waals surface area contributed by atoms with Gasteiger partial charge in [-0.3, -0.25) is 10.0 Å². The monoisotopic (exact) mass is 198 g/mol. The Bertz CT molecular complexity index is 331. The van der Waals surface area contributed by atoms with Gasteiger partial charge in [-0.2, -0.15) is 4.98 Å². The van der Waals surface area contributed by atoms with Crippen LogP contribution in [0.15, 0.2) is 4.52 Å². The third-order valence-electron chi connectivity index (χ3n) is 2.10. The van der Waals surface area contributed by atoms with E-state index in [1.54, 1.807) is 0 Å². The van der Waals surface area contributed by atoms with E-state index in [9.17, 15) is 4.79 Å². The standard InChI is InChI=1S/C7H10N4O3/c12-6(10-13)5-9-7(14-11-5)4-2-1-3-8-4/h4,8,13H,1-3H2,(H,10,12). The summed E-state index contributed by atoms with van der Waals surface area (Å²) in [5, 5.41) is 14.9. The van der Waals surface area contributed by atoms with E-state index in [0.717, 1.165) is 19.4 Å². The van der Waals surface area contributed by atoms with Crippen LogP contribution < -0.4 is 10.8 Å². The number of aromatic nitrogens is 2. The Morgan fingerprint density at radius 3 is 3.21 bits per heavy atom. The van der Waals surface area contributed by atoms with Gasteiger partial charge in [-0.25, -0.2) is 5.48 Å². The predicted molar refractivity (Wildman–Crippen MR) is 43.5 cm³/mol. The van der Waals surface area contributed by atoms with Gasteiger partial charge in [0, 0.05) is 0 Å². The molecule has 1 amide bonds. The summed E-state index contributed by atoms with van der Waals surface area (Å²) in [6, 6.07) is 0.0303. The lowest BCUT2D eigenvalue weighted by Crippen LogP contribution is -2.20. The zero-order valence-electron chi connectivity index (χ0n) is 7.36. The zero-order valence-corrected chi connectivity index (χ0v) is 7.36. The second-order valence-electron chi connectivity index (χ2n) is 3.05. The van der Waals surface area contributed by atoms with Gasteiger partial charge in [0.05, 0.1) is 6.04 Å². The third-order valence-corrected chi connectivity index (χ3v) is 2.10. The van der Waals surface area contributed by atoms with E-state index >= 15 is 0 Å². The van der Waals surface area contributed by atoms with Crippen molar-refractivity contribution in [3.63, 3.8) is 0 Å². The van der Waals surface area contributed by atoms with E-state index in [-0.39, 0.29) is 11.9 Å². The second kappa shape index (κ2) is 3.72. The minimum absolute atomic E-state index is 0.0303. The van der Waals surface area contributed by atoms with E-state index < -0.39 is 5.91 Å². The first-order valence-electron chi connectivity index (χ1n) is 4.32. The fourth-order valence-corrected chi connectivity index (χ4v) is 1.41. The summed E-state index contributed by atoms with van der Waals surface area (Å²) in [5.74, 6) is -0.532. The summed E-state index contributed by atoms with van der Waals surface area (Å²) in [5.41, 5.74) is 1.44. The number of carbonyl (C=O) groups is 1. The molecule has 1 aromatic heterocycles. The van der Waals surface area contributed by atoms with Crippen LogP contribution in [0.1, 0.15) is 35.4 Å². The zero-order chi connectivity index (χ0) is 9.97. The van der Waals surface area contributed by atoms with Crippen LogP contribution in [0.4, 0.5) is 0 Å². The Kier molecular flexibility index (Phi) is 2.42. The highest BCUT2D eigenvalue weighted by Gasteiger charge is 2.23. The Morgan fingerprint density at radius 1 is 1.71 bits per heavy atom. The molecule has 1 atom stereocenters. The van der Waals surface area contributed by atoms with Crippen LogP contribution in [0.2, 0.25) is 0 Å². The maximum absolute atomic E-state index is 10.9. The van der Waals surface area contributed by atoms with Gasteiger partial charge in [0.15, 0.2) is 0 Å². The lowest BCUT2D eigenvalue weighted by atomic mass is 10.2. The summed E-state index contributed by atoms with van der Waals surface area (Å²) in [7, 11) is 0. The molecule has 1 unspecified atom stereocenters. The summed E-state index contributed by atoms with van der Waals surface area (Å²) < 4.78 is 4.88. The van der Waals surface area contributed by atoms with E-state index in [4.69, 9.17) is 9.73 Å². The van der Waals surface area contributed by atoms with Crippen molar-refractivity contribution in [2.24, 2.45) is 0 Å². The molecule has 1 aliphatic rings. The number of amides is 1. The number of rotatable bonds is 2. The normalized spacial score (nSPS) is 21.1. The molecule has 2 heterocycles. The maximum Gasteiger partial charge on any atom is 0.316 e. The predicted octanol–water partition coefficient (Wildman–Crippen LogP) is -0.387. The highest BCUT2D eigenvalue weighted by Crippen LogP contribution is 2.20. The number of hydroxylamine groups is 1. The SMILES string of the molecule is O=C(NO)c1noc(C2CCCN2)n1. The van der Waals surface area contributed by atoms with Crippen molar-refractivity contribution in [1.29, 1.82) is 0 Å². The molecule has 2 rings (SSSR count). The molecule has 0 radical (unpaired) electrons. The van der Waals surface area contributed by atoms with Gasteiger partial charge in [0.2, 0.25) is 5.89 Å². The number of hydrogen-bond donors (Lipinski definition) is 3. The quantitative estimate of drug-likeness (QED) is 0.442. The van der Waals surface area contributed by atoms with Gasteiger partial charge in [-0.05, 0) is 19.4 Å². The summed E-state index contributed by atoms with van der Waals surface area (Å²) >= 11 is 0. The number of hydrogen-bond acceptors (Lipinski definition) is 6. The number of nitrogens with one attached hydrogen (secondary N) is 2. The molecule has 1 fully saturated rings. The maximum atomic E-state index is 10.9. The molecule has 76 valence electrons.